The van der Waals surface area contributed by atoms with Gasteiger partial charge in [-0.05, 0) is 6.92 Å². The summed E-state index contributed by atoms with van der Waals surface area (Å²) in [7, 11) is 0. The third-order valence-corrected chi connectivity index (χ3v) is 2.00. The van der Waals surface area contributed by atoms with Crippen LogP contribution in [0, 0.1) is 11.3 Å². The molecule has 4 nitrogen and oxygen atoms in total. The van der Waals surface area contributed by atoms with Crippen LogP contribution >= 0.6 is 0 Å². The van der Waals surface area contributed by atoms with Crippen molar-refractivity contribution in [1.82, 2.24) is 10.2 Å². The van der Waals surface area contributed by atoms with Crippen molar-refractivity contribution in [1.29, 1.82) is 5.26 Å². The van der Waals surface area contributed by atoms with Crippen LogP contribution in [0.15, 0.2) is 0 Å². The molecule has 0 radical (unpaired) electrons. The first kappa shape index (κ1) is 9.46. The van der Waals surface area contributed by atoms with Crippen LogP contribution in [0.25, 0.3) is 0 Å². The number of aliphatic hydroxyl groups excluding tert-OH is 1. The molecule has 1 aliphatic rings. The van der Waals surface area contributed by atoms with E-state index in [2.05, 4.69) is 11.4 Å². The van der Waals surface area contributed by atoms with Crippen molar-refractivity contribution in [3.63, 3.8) is 0 Å². The van der Waals surface area contributed by atoms with Crippen molar-refractivity contribution in [3.05, 3.63) is 0 Å². The summed E-state index contributed by atoms with van der Waals surface area (Å²) in [6.07, 6.45) is -0.348. The number of hydrogen-bond donors (Lipinski definition) is 2. The molecule has 1 unspecified atom stereocenters. The second-order valence-electron chi connectivity index (χ2n) is 3.19. The van der Waals surface area contributed by atoms with E-state index in [-0.39, 0.29) is 12.1 Å². The Morgan fingerprint density at radius 2 is 2.58 bits per heavy atom. The second-order valence-corrected chi connectivity index (χ2v) is 3.19. The number of nitriles is 1. The van der Waals surface area contributed by atoms with Gasteiger partial charge in [0.2, 0.25) is 0 Å². The van der Waals surface area contributed by atoms with E-state index in [4.69, 9.17) is 10.4 Å². The fourth-order valence-corrected chi connectivity index (χ4v) is 1.43. The number of aliphatic hydroxyl groups is 1. The molecule has 4 heteroatoms. The SMILES string of the molecule is C[C@@H](O)CN1CCNCC1C#N. The summed E-state index contributed by atoms with van der Waals surface area (Å²) in [5.41, 5.74) is 0. The van der Waals surface area contributed by atoms with Crippen LogP contribution in [0.4, 0.5) is 0 Å². The van der Waals surface area contributed by atoms with E-state index in [0.717, 1.165) is 13.1 Å². The minimum atomic E-state index is -0.348. The lowest BCUT2D eigenvalue weighted by Gasteiger charge is -2.32. The van der Waals surface area contributed by atoms with Gasteiger partial charge < -0.3 is 10.4 Å². The van der Waals surface area contributed by atoms with Crippen molar-refractivity contribution in [2.24, 2.45) is 0 Å². The van der Waals surface area contributed by atoms with E-state index in [0.29, 0.717) is 13.1 Å². The molecule has 0 aromatic rings. The van der Waals surface area contributed by atoms with E-state index in [1.54, 1.807) is 6.92 Å². The van der Waals surface area contributed by atoms with E-state index in [1.807, 2.05) is 4.90 Å². The quantitative estimate of drug-likeness (QED) is 0.566. The van der Waals surface area contributed by atoms with Crippen LogP contribution < -0.4 is 5.32 Å². The Kier molecular flexibility index (Phi) is 3.48. The van der Waals surface area contributed by atoms with Crippen LogP contribution in [0.3, 0.4) is 0 Å². The monoisotopic (exact) mass is 169 g/mol. The maximum atomic E-state index is 9.15. The van der Waals surface area contributed by atoms with Gasteiger partial charge in [-0.15, -0.1) is 0 Å². The molecular formula is C8H15N3O. The number of piperazine rings is 1. The fraction of sp³-hybridized carbons (Fsp3) is 0.875. The Balaban J connectivity index is 2.43. The van der Waals surface area contributed by atoms with E-state index >= 15 is 0 Å². The van der Waals surface area contributed by atoms with Gasteiger partial charge in [0.25, 0.3) is 0 Å². The zero-order valence-electron chi connectivity index (χ0n) is 7.32. The van der Waals surface area contributed by atoms with Crippen LogP contribution in [0.1, 0.15) is 6.92 Å². The summed E-state index contributed by atoms with van der Waals surface area (Å²) < 4.78 is 0. The summed E-state index contributed by atoms with van der Waals surface area (Å²) in [4.78, 5) is 2.02. The van der Waals surface area contributed by atoms with Gasteiger partial charge in [-0.1, -0.05) is 0 Å². The van der Waals surface area contributed by atoms with Gasteiger partial charge in [0, 0.05) is 26.2 Å². The summed E-state index contributed by atoms with van der Waals surface area (Å²) in [6.45, 7) is 4.81. The maximum Gasteiger partial charge on any atom is 0.110 e. The van der Waals surface area contributed by atoms with Crippen LogP contribution in [-0.4, -0.2) is 48.3 Å². The largest absolute Gasteiger partial charge is 0.392 e. The number of hydrogen-bond acceptors (Lipinski definition) is 4. The van der Waals surface area contributed by atoms with E-state index < -0.39 is 0 Å². The summed E-state index contributed by atoms with van der Waals surface area (Å²) in [5, 5.41) is 21.1. The third-order valence-electron chi connectivity index (χ3n) is 2.00. The highest BCUT2D eigenvalue weighted by Gasteiger charge is 2.22. The lowest BCUT2D eigenvalue weighted by atomic mass is 10.2. The van der Waals surface area contributed by atoms with Gasteiger partial charge in [-0.2, -0.15) is 5.26 Å². The Hall–Kier alpha value is -0.630. The summed E-state index contributed by atoms with van der Waals surface area (Å²) in [6, 6.07) is 2.14. The van der Waals surface area contributed by atoms with Crippen LogP contribution in [0.2, 0.25) is 0 Å². The van der Waals surface area contributed by atoms with Crippen LogP contribution in [-0.2, 0) is 0 Å². The smallest absolute Gasteiger partial charge is 0.110 e. The van der Waals surface area contributed by atoms with Gasteiger partial charge >= 0.3 is 0 Å². The zero-order valence-corrected chi connectivity index (χ0v) is 7.32. The van der Waals surface area contributed by atoms with Gasteiger partial charge in [0.1, 0.15) is 6.04 Å². The molecule has 0 aromatic carbocycles. The summed E-state index contributed by atoms with van der Waals surface area (Å²) >= 11 is 0. The molecule has 1 saturated heterocycles. The topological polar surface area (TPSA) is 59.3 Å². The number of β-amino-alcohol motifs (C(OH)–C–C–N with tert-alkyl or cyclic N) is 1. The normalized spacial score (nSPS) is 27.9. The maximum absolute atomic E-state index is 9.15. The molecule has 0 spiro atoms. The van der Waals surface area contributed by atoms with E-state index in [9.17, 15) is 0 Å². The first-order chi connectivity index (χ1) is 5.74. The first-order valence-electron chi connectivity index (χ1n) is 4.26. The highest BCUT2D eigenvalue weighted by Crippen LogP contribution is 2.02. The van der Waals surface area contributed by atoms with Crippen molar-refractivity contribution in [3.8, 4) is 6.07 Å². The van der Waals surface area contributed by atoms with Gasteiger partial charge in [-0.25, -0.2) is 0 Å². The molecule has 0 amide bonds. The predicted molar refractivity (Wildman–Crippen MR) is 45.5 cm³/mol. The molecule has 2 atom stereocenters. The molecule has 0 aromatic heterocycles. The van der Waals surface area contributed by atoms with Gasteiger partial charge in [0.05, 0.1) is 12.2 Å². The molecule has 0 bridgehead atoms. The minimum Gasteiger partial charge on any atom is -0.392 e. The van der Waals surface area contributed by atoms with Crippen LogP contribution in [0.5, 0.6) is 0 Å². The molecule has 68 valence electrons. The predicted octanol–water partition coefficient (Wildman–Crippen LogP) is -0.835. The zero-order chi connectivity index (χ0) is 8.97. The molecule has 2 N–H and O–H groups in total. The molecule has 0 saturated carbocycles. The average molecular weight is 169 g/mol. The first-order valence-corrected chi connectivity index (χ1v) is 4.26. The highest BCUT2D eigenvalue weighted by molar-refractivity contribution is 4.96. The molecule has 0 aliphatic carbocycles. The van der Waals surface area contributed by atoms with Crippen molar-refractivity contribution < 1.29 is 5.11 Å². The van der Waals surface area contributed by atoms with Crippen molar-refractivity contribution in [2.75, 3.05) is 26.2 Å². The van der Waals surface area contributed by atoms with E-state index in [1.165, 1.54) is 0 Å². The summed E-state index contributed by atoms with van der Waals surface area (Å²) in [5.74, 6) is 0. The molecule has 1 heterocycles. The molecule has 12 heavy (non-hydrogen) atoms. The number of rotatable bonds is 2. The Morgan fingerprint density at radius 3 is 3.17 bits per heavy atom. The third kappa shape index (κ3) is 2.45. The lowest BCUT2D eigenvalue weighted by Crippen LogP contribution is -2.52. The molecular weight excluding hydrogens is 154 g/mol. The number of nitrogens with zero attached hydrogens (tertiary/aromatic N) is 2. The van der Waals surface area contributed by atoms with Crippen molar-refractivity contribution in [2.45, 2.75) is 19.1 Å². The Labute approximate surface area is 72.8 Å². The average Bonchev–Trinajstić information content (AvgIpc) is 2.04. The standard InChI is InChI=1S/C8H15N3O/c1-7(12)6-11-3-2-10-5-8(11)4-9/h7-8,10,12H,2-3,5-6H2,1H3/t7-,8?/m1/s1. The Morgan fingerprint density at radius 1 is 1.83 bits per heavy atom. The van der Waals surface area contributed by atoms with Crippen molar-refractivity contribution >= 4 is 0 Å². The minimum absolute atomic E-state index is 0.0756. The fourth-order valence-electron chi connectivity index (χ4n) is 1.43. The molecule has 1 fully saturated rings. The van der Waals surface area contributed by atoms with Gasteiger partial charge in [-0.3, -0.25) is 4.90 Å². The number of nitrogens with one attached hydrogen (secondary N) is 1. The molecule has 1 aliphatic heterocycles. The molecule has 1 rings (SSSR count). The lowest BCUT2D eigenvalue weighted by molar-refractivity contribution is 0.101. The van der Waals surface area contributed by atoms with Gasteiger partial charge in [0.15, 0.2) is 0 Å². The highest BCUT2D eigenvalue weighted by atomic mass is 16.3. The Bertz CT molecular complexity index is 176. The second kappa shape index (κ2) is 4.41.